The first-order valence-electron chi connectivity index (χ1n) is 9.10. The third kappa shape index (κ3) is 4.86. The number of aliphatic hydroxyl groups is 1. The Morgan fingerprint density at radius 2 is 1.96 bits per heavy atom. The van der Waals surface area contributed by atoms with Crippen LogP contribution in [0.4, 0.5) is 5.69 Å². The van der Waals surface area contributed by atoms with Crippen molar-refractivity contribution in [2.24, 2.45) is 0 Å². The van der Waals surface area contributed by atoms with Crippen molar-refractivity contribution in [1.29, 1.82) is 0 Å². The van der Waals surface area contributed by atoms with E-state index in [0.29, 0.717) is 12.0 Å². The van der Waals surface area contributed by atoms with Crippen molar-refractivity contribution < 1.29 is 24.3 Å². The van der Waals surface area contributed by atoms with Gasteiger partial charge >= 0.3 is 0 Å². The van der Waals surface area contributed by atoms with Gasteiger partial charge in [-0.1, -0.05) is 18.2 Å². The van der Waals surface area contributed by atoms with Crippen LogP contribution < -0.4 is 15.5 Å². The van der Waals surface area contributed by atoms with Crippen LogP contribution in [0.2, 0.25) is 0 Å². The van der Waals surface area contributed by atoms with Crippen LogP contribution in [0.25, 0.3) is 0 Å². The summed E-state index contributed by atoms with van der Waals surface area (Å²) < 4.78 is 26.1. The van der Waals surface area contributed by atoms with E-state index in [1.54, 1.807) is 30.3 Å². The quantitative estimate of drug-likeness (QED) is 0.289. The molecule has 0 bridgehead atoms. The smallest absolute Gasteiger partial charge is 0.140 e. The van der Waals surface area contributed by atoms with Gasteiger partial charge in [0.15, 0.2) is 0 Å². The first-order chi connectivity index (χ1) is 12.7. The van der Waals surface area contributed by atoms with Crippen LogP contribution in [0.3, 0.4) is 0 Å². The highest BCUT2D eigenvalue weighted by molar-refractivity contribution is 5.56. The average molecular weight is 336 g/mol. The van der Waals surface area contributed by atoms with Crippen LogP contribution in [0.15, 0.2) is 42.5 Å². The Bertz CT molecular complexity index is 738. The monoisotopic (exact) mass is 336 g/mol. The Hall–Kier alpha value is -2.28. The lowest BCUT2D eigenvalue weighted by atomic mass is 10.1. The van der Waals surface area contributed by atoms with Crippen LogP contribution in [0.5, 0.6) is 11.5 Å². The lowest BCUT2D eigenvalue weighted by molar-refractivity contribution is 0.170. The molecule has 2 atom stereocenters. The Kier molecular flexibility index (Phi) is 5.01. The Morgan fingerprint density at radius 1 is 1.21 bits per heavy atom. The molecule has 2 rings (SSSR count). The van der Waals surface area contributed by atoms with E-state index in [0.717, 1.165) is 5.56 Å². The fourth-order valence-electron chi connectivity index (χ4n) is 2.40. The van der Waals surface area contributed by atoms with Crippen molar-refractivity contribution >= 4 is 5.69 Å². The number of ether oxygens (including phenoxy) is 1. The Morgan fingerprint density at radius 3 is 2.62 bits per heavy atom. The van der Waals surface area contributed by atoms with Crippen LogP contribution in [-0.2, 0) is 6.42 Å². The molecule has 0 aromatic heterocycles. The van der Waals surface area contributed by atoms with Gasteiger partial charge in [-0.25, -0.2) is 0 Å². The van der Waals surface area contributed by atoms with Crippen LogP contribution in [0.1, 0.15) is 28.3 Å². The Balaban J connectivity index is 1.86. The number of hydrogen-bond donors (Lipinski definition) is 5. The highest BCUT2D eigenvalue weighted by Crippen LogP contribution is 2.26. The molecule has 5 N–H and O–H groups in total. The maximum atomic E-state index is 10.3. The van der Waals surface area contributed by atoms with E-state index in [1.165, 1.54) is 12.1 Å². The first kappa shape index (κ1) is 14.1. The Labute approximate surface area is 145 Å². The topological polar surface area (TPSA) is 94.0 Å². The van der Waals surface area contributed by atoms with Crippen LogP contribution >= 0.6 is 0 Å². The minimum absolute atomic E-state index is 0.0570. The number of aromatic hydroxyl groups is 1. The minimum atomic E-state index is -2.47. The summed E-state index contributed by atoms with van der Waals surface area (Å²) in [6.07, 6.45) is -0.130. The zero-order valence-corrected chi connectivity index (χ0v) is 13.4. The predicted octanol–water partition coefficient (Wildman–Crippen LogP) is 2.46. The number of hydrogen-bond acceptors (Lipinski definition) is 6. The molecule has 0 heterocycles. The van der Waals surface area contributed by atoms with Gasteiger partial charge in [-0.3, -0.25) is 10.7 Å². The van der Waals surface area contributed by atoms with Crippen molar-refractivity contribution in [1.82, 2.24) is 5.32 Å². The number of phenols is 1. The van der Waals surface area contributed by atoms with Crippen LogP contribution in [0, 0.1) is 0 Å². The summed E-state index contributed by atoms with van der Waals surface area (Å²) in [6, 6.07) is 11.3. The molecule has 0 aliphatic heterocycles. The predicted molar refractivity (Wildman–Crippen MR) is 92.6 cm³/mol. The van der Waals surface area contributed by atoms with Crippen molar-refractivity contribution in [3.8, 4) is 11.5 Å². The summed E-state index contributed by atoms with van der Waals surface area (Å²) in [7, 11) is -2.47. The van der Waals surface area contributed by atoms with Gasteiger partial charge in [0.1, 0.15) is 17.2 Å². The maximum Gasteiger partial charge on any atom is 0.140 e. The summed E-state index contributed by atoms with van der Waals surface area (Å²) in [4.78, 5) is 0. The van der Waals surface area contributed by atoms with Gasteiger partial charge in [0.05, 0.1) is 17.3 Å². The molecule has 24 heavy (non-hydrogen) atoms. The van der Waals surface area contributed by atoms with Gasteiger partial charge in [0.25, 0.3) is 0 Å². The molecule has 0 unspecified atom stereocenters. The molecule has 2 aromatic rings. The maximum absolute atomic E-state index is 10.3. The molecule has 0 amide bonds. The zero-order valence-electron chi connectivity index (χ0n) is 16.4. The molecule has 0 radical (unpaired) electrons. The van der Waals surface area contributed by atoms with Crippen molar-refractivity contribution in [3.05, 3.63) is 53.6 Å². The number of phenolic OH excluding ortho intramolecular Hbond substituents is 1. The van der Waals surface area contributed by atoms with Gasteiger partial charge < -0.3 is 20.3 Å². The molecule has 2 aromatic carbocycles. The van der Waals surface area contributed by atoms with Crippen molar-refractivity contribution in [2.75, 3.05) is 19.1 Å². The fraction of sp³-hybridized carbons (Fsp3) is 0.333. The number of aliphatic hydroxyl groups excluding tert-OH is 1. The molecule has 0 saturated heterocycles. The normalized spacial score (nSPS) is 15.7. The van der Waals surface area contributed by atoms with Gasteiger partial charge in [-0.05, 0) is 48.7 Å². The summed E-state index contributed by atoms with van der Waals surface area (Å²) in [5.74, 6) is 0.177. The average Bonchev–Trinajstić information content (AvgIpc) is 2.60. The van der Waals surface area contributed by atoms with E-state index in [1.807, 2.05) is 12.4 Å². The first-order valence-corrected chi connectivity index (χ1v) is 7.60. The summed E-state index contributed by atoms with van der Waals surface area (Å²) >= 11 is 0. The van der Waals surface area contributed by atoms with E-state index in [-0.39, 0.29) is 29.8 Å². The number of benzene rings is 2. The lowest BCUT2D eigenvalue weighted by Gasteiger charge is -2.18. The number of methoxy groups -OCH3 is 1. The summed E-state index contributed by atoms with van der Waals surface area (Å²) in [6.45, 7) is 2.26. The number of nitrogens with one attached hydrogen (secondary N) is 2. The number of rotatable bonds is 8. The third-order valence-corrected chi connectivity index (χ3v) is 3.77. The molecule has 6 heteroatoms. The van der Waals surface area contributed by atoms with Gasteiger partial charge in [-0.2, -0.15) is 0 Å². The fourth-order valence-corrected chi connectivity index (χ4v) is 2.40. The van der Waals surface area contributed by atoms with Gasteiger partial charge in [-0.15, -0.1) is 0 Å². The van der Waals surface area contributed by atoms with E-state index >= 15 is 0 Å². The summed E-state index contributed by atoms with van der Waals surface area (Å²) in [5.41, 5.74) is 3.55. The molecule has 130 valence electrons. The van der Waals surface area contributed by atoms with Crippen LogP contribution in [-0.4, -0.2) is 35.0 Å². The molecule has 0 spiro atoms. The number of anilines is 1. The molecule has 0 aliphatic rings. The van der Waals surface area contributed by atoms with Gasteiger partial charge in [0, 0.05) is 12.6 Å². The molecule has 6 nitrogen and oxygen atoms in total. The standard InChI is InChI=1S/C18H24N2O4/c1-12(9-13-3-6-15(24-2)7-4-13)19-11-18(22)14-5-8-17(21)16(10-14)20-23/h3-8,10,12,18-23H,9,11H2,1-2H3/t12-,18+/m0/s1/i2+1D3. The SMILES string of the molecule is [2H][13C]([2H])([2H])Oc1ccc(C[C@H](C)NC[C@@H](O)c2ccc(O)c(NO)c2)cc1. The van der Waals surface area contributed by atoms with Crippen molar-refractivity contribution in [3.63, 3.8) is 0 Å². The van der Waals surface area contributed by atoms with E-state index in [9.17, 15) is 10.2 Å². The second kappa shape index (κ2) is 8.54. The molecular formula is C18H24N2O4. The molecular weight excluding hydrogens is 309 g/mol. The molecule has 0 aliphatic carbocycles. The summed E-state index contributed by atoms with van der Waals surface area (Å²) in [5, 5.41) is 31.9. The van der Waals surface area contributed by atoms with E-state index < -0.39 is 13.1 Å². The van der Waals surface area contributed by atoms with E-state index in [4.69, 9.17) is 14.1 Å². The lowest BCUT2D eigenvalue weighted by Crippen LogP contribution is -2.32. The largest absolute Gasteiger partial charge is 0.506 e. The highest BCUT2D eigenvalue weighted by atomic mass is 16.5. The van der Waals surface area contributed by atoms with Gasteiger partial charge in [0.2, 0.25) is 0 Å². The molecule has 0 saturated carbocycles. The second-order valence-corrected chi connectivity index (χ2v) is 5.66. The zero-order chi connectivity index (χ0) is 20.0. The third-order valence-electron chi connectivity index (χ3n) is 3.77. The van der Waals surface area contributed by atoms with Crippen molar-refractivity contribution in [2.45, 2.75) is 25.5 Å². The minimum Gasteiger partial charge on any atom is -0.506 e. The second-order valence-electron chi connectivity index (χ2n) is 5.66. The highest BCUT2D eigenvalue weighted by Gasteiger charge is 2.12. The molecule has 0 fully saturated rings. The van der Waals surface area contributed by atoms with E-state index in [2.05, 4.69) is 5.32 Å².